The second-order valence-electron chi connectivity index (χ2n) is 3.21. The zero-order chi connectivity index (χ0) is 11.1. The molecule has 3 nitrogen and oxygen atoms in total. The Morgan fingerprint density at radius 2 is 2.53 bits per heavy atom. The highest BCUT2D eigenvalue weighted by atomic mass is 32.1. The lowest BCUT2D eigenvalue weighted by atomic mass is 10.4. The van der Waals surface area contributed by atoms with Crippen molar-refractivity contribution in [1.29, 1.82) is 0 Å². The van der Waals surface area contributed by atoms with E-state index in [2.05, 4.69) is 22.9 Å². The van der Waals surface area contributed by atoms with Gasteiger partial charge in [0.1, 0.15) is 0 Å². The van der Waals surface area contributed by atoms with Crippen molar-refractivity contribution in [3.05, 3.63) is 35.0 Å². The lowest BCUT2D eigenvalue weighted by Crippen LogP contribution is -2.35. The molecule has 0 aromatic carbocycles. The van der Waals surface area contributed by atoms with Crippen LogP contribution in [0.5, 0.6) is 0 Å². The average molecular weight is 224 g/mol. The number of hydrogen-bond donors (Lipinski definition) is 1. The molecule has 4 heteroatoms. The van der Waals surface area contributed by atoms with Crippen LogP contribution < -0.4 is 5.32 Å². The third-order valence-electron chi connectivity index (χ3n) is 1.99. The SMILES string of the molecule is C=CCN(CC(=O)NC)Cc1cccs1. The molecule has 0 fully saturated rings. The predicted molar refractivity (Wildman–Crippen MR) is 63.9 cm³/mol. The van der Waals surface area contributed by atoms with Crippen LogP contribution in [0.15, 0.2) is 30.2 Å². The molecule has 15 heavy (non-hydrogen) atoms. The summed E-state index contributed by atoms with van der Waals surface area (Å²) in [6.07, 6.45) is 1.82. The standard InChI is InChI=1S/C11H16N2OS/c1-3-6-13(9-11(14)12-2)8-10-5-4-7-15-10/h3-5,7H,1,6,8-9H2,2H3,(H,12,14). The molecule has 1 heterocycles. The van der Waals surface area contributed by atoms with Gasteiger partial charge in [0.25, 0.3) is 0 Å². The summed E-state index contributed by atoms with van der Waals surface area (Å²) in [6, 6.07) is 4.09. The summed E-state index contributed by atoms with van der Waals surface area (Å²) in [5.41, 5.74) is 0. The number of amides is 1. The van der Waals surface area contributed by atoms with Crippen LogP contribution in [-0.2, 0) is 11.3 Å². The maximum atomic E-state index is 11.2. The van der Waals surface area contributed by atoms with Gasteiger partial charge in [-0.15, -0.1) is 17.9 Å². The molecule has 0 atom stereocenters. The summed E-state index contributed by atoms with van der Waals surface area (Å²) in [7, 11) is 1.65. The van der Waals surface area contributed by atoms with E-state index < -0.39 is 0 Å². The van der Waals surface area contributed by atoms with E-state index in [4.69, 9.17) is 0 Å². The number of thiophene rings is 1. The van der Waals surface area contributed by atoms with E-state index in [0.717, 1.165) is 13.1 Å². The second kappa shape index (κ2) is 6.37. The highest BCUT2D eigenvalue weighted by Crippen LogP contribution is 2.11. The molecule has 0 aliphatic heterocycles. The molecule has 0 spiro atoms. The van der Waals surface area contributed by atoms with Crippen molar-refractivity contribution in [2.45, 2.75) is 6.54 Å². The molecule has 0 saturated heterocycles. The van der Waals surface area contributed by atoms with E-state index >= 15 is 0 Å². The van der Waals surface area contributed by atoms with Crippen molar-refractivity contribution < 1.29 is 4.79 Å². The van der Waals surface area contributed by atoms with Gasteiger partial charge in [-0.2, -0.15) is 0 Å². The zero-order valence-electron chi connectivity index (χ0n) is 8.90. The summed E-state index contributed by atoms with van der Waals surface area (Å²) in [5, 5.41) is 4.66. The number of rotatable bonds is 6. The van der Waals surface area contributed by atoms with Gasteiger partial charge in [-0.1, -0.05) is 12.1 Å². The summed E-state index contributed by atoms with van der Waals surface area (Å²) >= 11 is 1.70. The number of carbonyl (C=O) groups excluding carboxylic acids is 1. The Labute approximate surface area is 94.4 Å². The fourth-order valence-corrected chi connectivity index (χ4v) is 2.02. The normalized spacial score (nSPS) is 10.3. The van der Waals surface area contributed by atoms with Crippen molar-refractivity contribution in [3.63, 3.8) is 0 Å². The van der Waals surface area contributed by atoms with Gasteiger partial charge in [0.05, 0.1) is 6.54 Å². The van der Waals surface area contributed by atoms with Crippen LogP contribution in [-0.4, -0.2) is 30.9 Å². The van der Waals surface area contributed by atoms with Crippen LogP contribution in [0.25, 0.3) is 0 Å². The summed E-state index contributed by atoms with van der Waals surface area (Å²) in [5.74, 6) is 0.0356. The van der Waals surface area contributed by atoms with Crippen molar-refractivity contribution in [1.82, 2.24) is 10.2 Å². The molecule has 1 aromatic heterocycles. The molecule has 0 saturated carbocycles. The van der Waals surface area contributed by atoms with Gasteiger partial charge >= 0.3 is 0 Å². The van der Waals surface area contributed by atoms with E-state index in [9.17, 15) is 4.79 Å². The lowest BCUT2D eigenvalue weighted by molar-refractivity contribution is -0.121. The molecule has 1 rings (SSSR count). The number of nitrogens with zero attached hydrogens (tertiary/aromatic N) is 1. The van der Waals surface area contributed by atoms with Crippen LogP contribution >= 0.6 is 11.3 Å². The Morgan fingerprint density at radius 3 is 3.07 bits per heavy atom. The van der Waals surface area contributed by atoms with Crippen LogP contribution in [0.1, 0.15) is 4.88 Å². The Morgan fingerprint density at radius 1 is 1.73 bits per heavy atom. The van der Waals surface area contributed by atoms with Crippen molar-refractivity contribution in [2.24, 2.45) is 0 Å². The molecule has 1 amide bonds. The van der Waals surface area contributed by atoms with E-state index in [1.54, 1.807) is 18.4 Å². The predicted octanol–water partition coefficient (Wildman–Crippen LogP) is 1.48. The fraction of sp³-hybridized carbons (Fsp3) is 0.364. The minimum Gasteiger partial charge on any atom is -0.358 e. The van der Waals surface area contributed by atoms with E-state index in [1.807, 2.05) is 17.5 Å². The third-order valence-corrected chi connectivity index (χ3v) is 2.85. The number of carbonyl (C=O) groups is 1. The zero-order valence-corrected chi connectivity index (χ0v) is 9.72. The first-order chi connectivity index (χ1) is 7.26. The maximum absolute atomic E-state index is 11.2. The Kier molecular flexibility index (Phi) is 5.07. The lowest BCUT2D eigenvalue weighted by Gasteiger charge is -2.18. The van der Waals surface area contributed by atoms with E-state index in [0.29, 0.717) is 6.54 Å². The van der Waals surface area contributed by atoms with Crippen molar-refractivity contribution in [2.75, 3.05) is 20.1 Å². The number of nitrogens with one attached hydrogen (secondary N) is 1. The number of likely N-dealkylation sites (N-methyl/N-ethyl adjacent to an activating group) is 1. The van der Waals surface area contributed by atoms with Gasteiger partial charge in [0.15, 0.2) is 0 Å². The molecule has 1 N–H and O–H groups in total. The van der Waals surface area contributed by atoms with Crippen LogP contribution in [0.4, 0.5) is 0 Å². The summed E-state index contributed by atoms with van der Waals surface area (Å²) < 4.78 is 0. The topological polar surface area (TPSA) is 32.3 Å². The largest absolute Gasteiger partial charge is 0.358 e. The molecular weight excluding hydrogens is 208 g/mol. The summed E-state index contributed by atoms with van der Waals surface area (Å²) in [4.78, 5) is 14.6. The Hall–Kier alpha value is -1.13. The first-order valence-corrected chi connectivity index (χ1v) is 5.70. The van der Waals surface area contributed by atoms with Crippen LogP contribution in [0.3, 0.4) is 0 Å². The molecule has 82 valence electrons. The van der Waals surface area contributed by atoms with Crippen molar-refractivity contribution in [3.8, 4) is 0 Å². The molecule has 0 aliphatic rings. The van der Waals surface area contributed by atoms with Gasteiger partial charge in [0.2, 0.25) is 5.91 Å². The minimum atomic E-state index is 0.0356. The van der Waals surface area contributed by atoms with Gasteiger partial charge in [-0.25, -0.2) is 0 Å². The Balaban J connectivity index is 2.50. The highest BCUT2D eigenvalue weighted by molar-refractivity contribution is 7.09. The average Bonchev–Trinajstić information content (AvgIpc) is 2.70. The smallest absolute Gasteiger partial charge is 0.233 e. The molecular formula is C11H16N2OS. The van der Waals surface area contributed by atoms with Gasteiger partial charge in [-0.05, 0) is 11.4 Å². The first kappa shape index (κ1) is 11.9. The fourth-order valence-electron chi connectivity index (χ4n) is 1.27. The molecule has 1 aromatic rings. The quantitative estimate of drug-likeness (QED) is 0.742. The van der Waals surface area contributed by atoms with Gasteiger partial charge < -0.3 is 5.32 Å². The van der Waals surface area contributed by atoms with E-state index in [-0.39, 0.29) is 5.91 Å². The van der Waals surface area contributed by atoms with Gasteiger partial charge in [0, 0.05) is 25.0 Å². The van der Waals surface area contributed by atoms with Crippen LogP contribution in [0.2, 0.25) is 0 Å². The molecule has 0 unspecified atom stereocenters. The molecule has 0 aliphatic carbocycles. The van der Waals surface area contributed by atoms with Crippen LogP contribution in [0, 0.1) is 0 Å². The minimum absolute atomic E-state index is 0.0356. The maximum Gasteiger partial charge on any atom is 0.233 e. The molecule has 0 radical (unpaired) electrons. The van der Waals surface area contributed by atoms with Crippen molar-refractivity contribution >= 4 is 17.2 Å². The third kappa shape index (κ3) is 4.27. The summed E-state index contributed by atoms with van der Waals surface area (Å²) in [6.45, 7) is 5.64. The van der Waals surface area contributed by atoms with E-state index in [1.165, 1.54) is 4.88 Å². The number of hydrogen-bond acceptors (Lipinski definition) is 3. The monoisotopic (exact) mass is 224 g/mol. The van der Waals surface area contributed by atoms with Gasteiger partial charge in [-0.3, -0.25) is 9.69 Å². The molecule has 0 bridgehead atoms. The Bertz CT molecular complexity index is 308. The first-order valence-electron chi connectivity index (χ1n) is 4.82. The second-order valence-corrected chi connectivity index (χ2v) is 4.24. The highest BCUT2D eigenvalue weighted by Gasteiger charge is 2.08.